The maximum Gasteiger partial charge on any atom is 0.0712 e. The van der Waals surface area contributed by atoms with Gasteiger partial charge in [0.05, 0.1) is 12.1 Å². The molecule has 84 valence electrons. The fourth-order valence-corrected chi connectivity index (χ4v) is 1.87. The van der Waals surface area contributed by atoms with Gasteiger partial charge in [-0.3, -0.25) is 11.3 Å². The van der Waals surface area contributed by atoms with Crippen molar-refractivity contribution in [3.8, 4) is 0 Å². The number of rotatable bonds is 5. The lowest BCUT2D eigenvalue weighted by Gasteiger charge is -2.22. The van der Waals surface area contributed by atoms with Crippen LogP contribution in [0.3, 0.4) is 0 Å². The largest absolute Gasteiger partial charge is 0.380 e. The third kappa shape index (κ3) is 3.57. The van der Waals surface area contributed by atoms with Crippen molar-refractivity contribution in [2.45, 2.75) is 25.5 Å². The number of nitrogens with one attached hydrogen (secondary N) is 1. The van der Waals surface area contributed by atoms with Crippen LogP contribution in [0.15, 0.2) is 28.7 Å². The Morgan fingerprint density at radius 1 is 1.47 bits per heavy atom. The number of hydrazine groups is 1. The molecular weight excluding hydrogens is 256 g/mol. The Morgan fingerprint density at radius 3 is 2.67 bits per heavy atom. The average Bonchev–Trinajstić information content (AvgIpc) is 2.27. The molecule has 0 amide bonds. The van der Waals surface area contributed by atoms with E-state index in [1.54, 1.807) is 7.11 Å². The number of hydrogen-bond donors (Lipinski definition) is 2. The fourth-order valence-electron chi connectivity index (χ4n) is 1.43. The highest BCUT2D eigenvalue weighted by atomic mass is 79.9. The molecule has 0 aliphatic rings. The Balaban J connectivity index is 2.71. The van der Waals surface area contributed by atoms with Crippen molar-refractivity contribution >= 4 is 15.9 Å². The molecule has 1 aromatic carbocycles. The highest BCUT2D eigenvalue weighted by molar-refractivity contribution is 9.10. The molecular formula is C11H17BrN2O. The van der Waals surface area contributed by atoms with E-state index < -0.39 is 0 Å². The Bertz CT molecular complexity index is 306. The lowest BCUT2D eigenvalue weighted by atomic mass is 10.0. The van der Waals surface area contributed by atoms with Gasteiger partial charge >= 0.3 is 0 Å². The van der Waals surface area contributed by atoms with E-state index in [1.165, 1.54) is 5.56 Å². The van der Waals surface area contributed by atoms with Crippen LogP contribution in [0.5, 0.6) is 0 Å². The third-order valence-electron chi connectivity index (χ3n) is 2.55. The second kappa shape index (κ2) is 6.23. The average molecular weight is 273 g/mol. The Kier molecular flexibility index (Phi) is 5.25. The van der Waals surface area contributed by atoms with Gasteiger partial charge in [0.15, 0.2) is 0 Å². The molecule has 0 radical (unpaired) electrons. The summed E-state index contributed by atoms with van der Waals surface area (Å²) in [6.45, 7) is 2.00. The number of benzene rings is 1. The predicted octanol–water partition coefficient (Wildman–Crippen LogP) is 1.86. The van der Waals surface area contributed by atoms with Gasteiger partial charge in [0.2, 0.25) is 0 Å². The standard InChI is InChI=1S/C11H17BrN2O/c1-8(15-2)11(14-13)7-9-5-3-4-6-10(9)12/h3-6,8,11,14H,7,13H2,1-2H3. The summed E-state index contributed by atoms with van der Waals surface area (Å²) in [6, 6.07) is 8.24. The minimum atomic E-state index is 0.0853. The first-order chi connectivity index (χ1) is 7.19. The first kappa shape index (κ1) is 12.6. The highest BCUT2D eigenvalue weighted by Crippen LogP contribution is 2.18. The van der Waals surface area contributed by atoms with E-state index in [4.69, 9.17) is 10.6 Å². The summed E-state index contributed by atoms with van der Waals surface area (Å²) in [6.07, 6.45) is 0.925. The molecule has 0 spiro atoms. The number of nitrogens with two attached hydrogens (primary N) is 1. The van der Waals surface area contributed by atoms with Crippen molar-refractivity contribution in [1.82, 2.24) is 5.43 Å². The molecule has 0 heterocycles. The minimum Gasteiger partial charge on any atom is -0.380 e. The van der Waals surface area contributed by atoms with E-state index in [2.05, 4.69) is 27.4 Å². The normalized spacial score (nSPS) is 14.9. The SMILES string of the molecule is COC(C)C(Cc1ccccc1Br)NN. The summed E-state index contributed by atoms with van der Waals surface area (Å²) in [5, 5.41) is 0. The number of hydrogen-bond acceptors (Lipinski definition) is 3. The van der Waals surface area contributed by atoms with Crippen LogP contribution in [-0.4, -0.2) is 19.3 Å². The van der Waals surface area contributed by atoms with E-state index in [-0.39, 0.29) is 12.1 Å². The second-order valence-electron chi connectivity index (χ2n) is 3.51. The van der Waals surface area contributed by atoms with Gasteiger partial charge in [-0.15, -0.1) is 0 Å². The first-order valence-electron chi connectivity index (χ1n) is 4.91. The van der Waals surface area contributed by atoms with Crippen molar-refractivity contribution in [3.05, 3.63) is 34.3 Å². The van der Waals surface area contributed by atoms with Crippen molar-refractivity contribution in [3.63, 3.8) is 0 Å². The van der Waals surface area contributed by atoms with Gasteiger partial charge in [0.25, 0.3) is 0 Å². The van der Waals surface area contributed by atoms with Gasteiger partial charge in [0, 0.05) is 11.6 Å². The zero-order chi connectivity index (χ0) is 11.3. The van der Waals surface area contributed by atoms with E-state index >= 15 is 0 Å². The summed E-state index contributed by atoms with van der Waals surface area (Å²) in [4.78, 5) is 0. The summed E-state index contributed by atoms with van der Waals surface area (Å²) >= 11 is 3.52. The molecule has 0 saturated carbocycles. The van der Waals surface area contributed by atoms with Gasteiger partial charge < -0.3 is 4.74 Å². The zero-order valence-corrected chi connectivity index (χ0v) is 10.6. The van der Waals surface area contributed by atoms with Crippen molar-refractivity contribution in [2.24, 2.45) is 5.84 Å². The molecule has 2 unspecified atom stereocenters. The van der Waals surface area contributed by atoms with Crippen LogP contribution in [0.25, 0.3) is 0 Å². The molecule has 3 nitrogen and oxygen atoms in total. The first-order valence-corrected chi connectivity index (χ1v) is 5.70. The van der Waals surface area contributed by atoms with Gasteiger partial charge in [-0.05, 0) is 25.0 Å². The van der Waals surface area contributed by atoms with Crippen LogP contribution in [-0.2, 0) is 11.2 Å². The Labute approximate surface area is 99.1 Å². The quantitative estimate of drug-likeness (QED) is 0.636. The molecule has 0 aliphatic carbocycles. The maximum atomic E-state index is 5.50. The van der Waals surface area contributed by atoms with Crippen molar-refractivity contribution in [1.29, 1.82) is 0 Å². The lowest BCUT2D eigenvalue weighted by Crippen LogP contribution is -2.45. The maximum absolute atomic E-state index is 5.50. The fraction of sp³-hybridized carbons (Fsp3) is 0.455. The number of methoxy groups -OCH3 is 1. The number of halogens is 1. The third-order valence-corrected chi connectivity index (χ3v) is 3.32. The van der Waals surface area contributed by atoms with Crippen molar-refractivity contribution in [2.75, 3.05) is 7.11 Å². The topological polar surface area (TPSA) is 47.3 Å². The molecule has 4 heteroatoms. The van der Waals surface area contributed by atoms with Crippen LogP contribution in [0.2, 0.25) is 0 Å². The molecule has 1 rings (SSSR count). The van der Waals surface area contributed by atoms with Crippen LogP contribution in [0.4, 0.5) is 0 Å². The van der Waals surface area contributed by atoms with E-state index in [0.29, 0.717) is 0 Å². The van der Waals surface area contributed by atoms with Crippen LogP contribution in [0, 0.1) is 0 Å². The molecule has 0 bridgehead atoms. The predicted molar refractivity (Wildman–Crippen MR) is 65.4 cm³/mol. The molecule has 0 fully saturated rings. The van der Waals surface area contributed by atoms with Crippen molar-refractivity contribution < 1.29 is 4.74 Å². The van der Waals surface area contributed by atoms with Crippen LogP contribution < -0.4 is 11.3 Å². The van der Waals surface area contributed by atoms with Crippen LogP contribution in [0.1, 0.15) is 12.5 Å². The van der Waals surface area contributed by atoms with Gasteiger partial charge in [0.1, 0.15) is 0 Å². The Hall–Kier alpha value is -0.420. The monoisotopic (exact) mass is 272 g/mol. The van der Waals surface area contributed by atoms with Gasteiger partial charge in [-0.25, -0.2) is 0 Å². The van der Waals surface area contributed by atoms with E-state index in [0.717, 1.165) is 10.9 Å². The molecule has 1 aromatic rings. The molecule has 0 saturated heterocycles. The van der Waals surface area contributed by atoms with Crippen LogP contribution >= 0.6 is 15.9 Å². The zero-order valence-electron chi connectivity index (χ0n) is 9.03. The van der Waals surface area contributed by atoms with E-state index in [1.807, 2.05) is 25.1 Å². The summed E-state index contributed by atoms with van der Waals surface area (Å²) in [5.74, 6) is 5.50. The smallest absolute Gasteiger partial charge is 0.0712 e. The molecule has 15 heavy (non-hydrogen) atoms. The highest BCUT2D eigenvalue weighted by Gasteiger charge is 2.16. The Morgan fingerprint density at radius 2 is 2.13 bits per heavy atom. The molecule has 2 atom stereocenters. The summed E-state index contributed by atoms with van der Waals surface area (Å²) in [7, 11) is 1.69. The molecule has 0 aliphatic heterocycles. The summed E-state index contributed by atoms with van der Waals surface area (Å²) in [5.41, 5.74) is 4.01. The molecule has 0 aromatic heterocycles. The minimum absolute atomic E-state index is 0.0853. The van der Waals surface area contributed by atoms with E-state index in [9.17, 15) is 0 Å². The summed E-state index contributed by atoms with van der Waals surface area (Å²) < 4.78 is 6.36. The number of ether oxygens (including phenoxy) is 1. The molecule has 3 N–H and O–H groups in total. The lowest BCUT2D eigenvalue weighted by molar-refractivity contribution is 0.0831. The van der Waals surface area contributed by atoms with Gasteiger partial charge in [-0.2, -0.15) is 0 Å². The van der Waals surface area contributed by atoms with Gasteiger partial charge in [-0.1, -0.05) is 34.1 Å². The second-order valence-corrected chi connectivity index (χ2v) is 4.36.